The van der Waals surface area contributed by atoms with E-state index in [0.29, 0.717) is 19.6 Å². The van der Waals surface area contributed by atoms with Gasteiger partial charge in [0.1, 0.15) is 5.76 Å². The van der Waals surface area contributed by atoms with Gasteiger partial charge in [-0.25, -0.2) is 0 Å². The highest BCUT2D eigenvalue weighted by Crippen LogP contribution is 2.17. The van der Waals surface area contributed by atoms with Crippen LogP contribution in [-0.2, 0) is 20.9 Å². The van der Waals surface area contributed by atoms with Gasteiger partial charge in [0.15, 0.2) is 0 Å². The Bertz CT molecular complexity index is 444. The molecule has 110 valence electrons. The molecule has 20 heavy (non-hydrogen) atoms. The van der Waals surface area contributed by atoms with Crippen LogP contribution in [0.15, 0.2) is 22.8 Å². The molecule has 0 radical (unpaired) electrons. The molecule has 1 amide bonds. The number of hydrogen-bond donors (Lipinski definition) is 1. The number of carbonyl (C=O) groups is 2. The van der Waals surface area contributed by atoms with Crippen LogP contribution < -0.4 is 5.32 Å². The van der Waals surface area contributed by atoms with Crippen molar-refractivity contribution in [3.05, 3.63) is 24.2 Å². The van der Waals surface area contributed by atoms with E-state index in [1.54, 1.807) is 12.3 Å². The Balaban J connectivity index is 1.74. The zero-order valence-corrected chi connectivity index (χ0v) is 11.6. The van der Waals surface area contributed by atoms with Gasteiger partial charge in [0.2, 0.25) is 5.91 Å². The van der Waals surface area contributed by atoms with E-state index in [1.165, 1.54) is 7.11 Å². The van der Waals surface area contributed by atoms with Crippen LogP contribution in [0.3, 0.4) is 0 Å². The van der Waals surface area contributed by atoms with Gasteiger partial charge < -0.3 is 14.5 Å². The van der Waals surface area contributed by atoms with Crippen LogP contribution in [0, 0.1) is 5.92 Å². The number of nitrogens with zero attached hydrogens (tertiary/aromatic N) is 1. The van der Waals surface area contributed by atoms with Crippen LogP contribution in [0.4, 0.5) is 0 Å². The Labute approximate surface area is 118 Å². The number of likely N-dealkylation sites (tertiary alicyclic amines) is 1. The van der Waals surface area contributed by atoms with E-state index >= 15 is 0 Å². The molecule has 1 aromatic rings. The summed E-state index contributed by atoms with van der Waals surface area (Å²) in [7, 11) is 1.40. The summed E-state index contributed by atoms with van der Waals surface area (Å²) in [5.74, 6) is 0.355. The Kier molecular flexibility index (Phi) is 5.17. The van der Waals surface area contributed by atoms with Gasteiger partial charge in [-0.3, -0.25) is 14.5 Å². The number of piperidine rings is 1. The largest absolute Gasteiger partial charge is 0.469 e. The highest BCUT2D eigenvalue weighted by molar-refractivity contribution is 5.78. The highest BCUT2D eigenvalue weighted by Gasteiger charge is 2.27. The summed E-state index contributed by atoms with van der Waals surface area (Å²) in [6.45, 7) is 2.11. The van der Waals surface area contributed by atoms with Gasteiger partial charge in [-0.15, -0.1) is 0 Å². The summed E-state index contributed by atoms with van der Waals surface area (Å²) in [6.07, 6.45) is 3.31. The molecule has 2 rings (SSSR count). The number of ether oxygens (including phenoxy) is 1. The minimum absolute atomic E-state index is 0.0630. The van der Waals surface area contributed by atoms with Crippen LogP contribution in [0.25, 0.3) is 0 Å². The number of rotatable bonds is 5. The zero-order chi connectivity index (χ0) is 14.4. The number of esters is 1. The minimum Gasteiger partial charge on any atom is -0.469 e. The van der Waals surface area contributed by atoms with Gasteiger partial charge in [-0.2, -0.15) is 0 Å². The molecule has 1 aliphatic heterocycles. The summed E-state index contributed by atoms with van der Waals surface area (Å²) in [5, 5.41) is 2.80. The molecule has 1 saturated heterocycles. The first-order valence-electron chi connectivity index (χ1n) is 6.78. The Morgan fingerprint density at radius 1 is 1.55 bits per heavy atom. The smallest absolute Gasteiger partial charge is 0.309 e. The fourth-order valence-electron chi connectivity index (χ4n) is 2.42. The fraction of sp³-hybridized carbons (Fsp3) is 0.571. The van der Waals surface area contributed by atoms with Crippen molar-refractivity contribution in [1.82, 2.24) is 10.2 Å². The zero-order valence-electron chi connectivity index (χ0n) is 11.6. The first-order valence-corrected chi connectivity index (χ1v) is 6.78. The topological polar surface area (TPSA) is 71.8 Å². The summed E-state index contributed by atoms with van der Waals surface area (Å²) in [5.41, 5.74) is 0. The first-order chi connectivity index (χ1) is 9.69. The van der Waals surface area contributed by atoms with Crippen LogP contribution in [0.2, 0.25) is 0 Å². The molecule has 1 aliphatic rings. The molecule has 1 aromatic heterocycles. The van der Waals surface area contributed by atoms with Gasteiger partial charge in [0.25, 0.3) is 0 Å². The fourth-order valence-corrected chi connectivity index (χ4v) is 2.42. The number of hydrogen-bond acceptors (Lipinski definition) is 5. The number of furan rings is 1. The second kappa shape index (κ2) is 7.09. The Morgan fingerprint density at radius 3 is 3.10 bits per heavy atom. The van der Waals surface area contributed by atoms with Crippen LogP contribution in [0.5, 0.6) is 0 Å². The lowest BCUT2D eigenvalue weighted by molar-refractivity contribution is -0.147. The average molecular weight is 280 g/mol. The van der Waals surface area contributed by atoms with Gasteiger partial charge in [0.05, 0.1) is 32.4 Å². The molecule has 1 N–H and O–H groups in total. The van der Waals surface area contributed by atoms with Crippen molar-refractivity contribution in [1.29, 1.82) is 0 Å². The van der Waals surface area contributed by atoms with Gasteiger partial charge in [-0.05, 0) is 31.5 Å². The third-order valence-corrected chi connectivity index (χ3v) is 3.45. The summed E-state index contributed by atoms with van der Waals surface area (Å²) < 4.78 is 9.91. The van der Waals surface area contributed by atoms with Crippen molar-refractivity contribution < 1.29 is 18.7 Å². The third kappa shape index (κ3) is 4.09. The first kappa shape index (κ1) is 14.6. The lowest BCUT2D eigenvalue weighted by Gasteiger charge is -2.30. The van der Waals surface area contributed by atoms with Crippen LogP contribution in [0.1, 0.15) is 18.6 Å². The number of nitrogens with one attached hydrogen (secondary N) is 1. The second-order valence-corrected chi connectivity index (χ2v) is 4.95. The van der Waals surface area contributed by atoms with Crippen LogP contribution >= 0.6 is 0 Å². The SMILES string of the molecule is COC(=O)[C@H]1CCCN(CC(=O)NCc2ccco2)C1. The predicted molar refractivity (Wildman–Crippen MR) is 71.7 cm³/mol. The molecule has 6 heteroatoms. The molecule has 0 spiro atoms. The molecule has 0 bridgehead atoms. The average Bonchev–Trinajstić information content (AvgIpc) is 2.98. The minimum atomic E-state index is -0.189. The molecule has 6 nitrogen and oxygen atoms in total. The van der Waals surface area contributed by atoms with E-state index in [2.05, 4.69) is 5.32 Å². The molecule has 2 heterocycles. The van der Waals surface area contributed by atoms with E-state index in [-0.39, 0.29) is 17.8 Å². The van der Waals surface area contributed by atoms with E-state index in [9.17, 15) is 9.59 Å². The van der Waals surface area contributed by atoms with E-state index in [1.807, 2.05) is 11.0 Å². The van der Waals surface area contributed by atoms with Crippen LogP contribution in [-0.4, -0.2) is 43.5 Å². The van der Waals surface area contributed by atoms with E-state index < -0.39 is 0 Å². The van der Waals surface area contributed by atoms with Crippen molar-refractivity contribution in [2.45, 2.75) is 19.4 Å². The molecule has 1 atom stereocenters. The van der Waals surface area contributed by atoms with E-state index in [0.717, 1.165) is 25.1 Å². The molecular weight excluding hydrogens is 260 g/mol. The molecule has 0 aliphatic carbocycles. The van der Waals surface area contributed by atoms with Crippen molar-refractivity contribution in [2.75, 3.05) is 26.7 Å². The van der Waals surface area contributed by atoms with E-state index in [4.69, 9.17) is 9.15 Å². The molecular formula is C14H20N2O4. The molecule has 0 saturated carbocycles. The van der Waals surface area contributed by atoms with Crippen molar-refractivity contribution >= 4 is 11.9 Å². The van der Waals surface area contributed by atoms with Gasteiger partial charge in [-0.1, -0.05) is 0 Å². The maximum absolute atomic E-state index is 11.8. The van der Waals surface area contributed by atoms with Crippen molar-refractivity contribution in [3.63, 3.8) is 0 Å². The summed E-state index contributed by atoms with van der Waals surface area (Å²) in [4.78, 5) is 25.3. The quantitative estimate of drug-likeness (QED) is 0.807. The third-order valence-electron chi connectivity index (χ3n) is 3.45. The van der Waals surface area contributed by atoms with Crippen molar-refractivity contribution in [3.8, 4) is 0 Å². The second-order valence-electron chi connectivity index (χ2n) is 4.95. The standard InChI is InChI=1S/C14H20N2O4/c1-19-14(18)11-4-2-6-16(9-11)10-13(17)15-8-12-5-3-7-20-12/h3,5,7,11H,2,4,6,8-10H2,1H3,(H,15,17)/t11-/m0/s1. The van der Waals surface area contributed by atoms with Gasteiger partial charge in [0, 0.05) is 6.54 Å². The lowest BCUT2D eigenvalue weighted by Crippen LogP contribution is -2.44. The molecule has 1 fully saturated rings. The normalized spacial score (nSPS) is 19.6. The lowest BCUT2D eigenvalue weighted by atomic mass is 9.98. The predicted octanol–water partition coefficient (Wildman–Crippen LogP) is 0.781. The number of carbonyl (C=O) groups excluding carboxylic acids is 2. The Hall–Kier alpha value is -1.82. The monoisotopic (exact) mass is 280 g/mol. The maximum atomic E-state index is 11.8. The number of methoxy groups -OCH3 is 1. The summed E-state index contributed by atoms with van der Waals surface area (Å²) in [6, 6.07) is 3.60. The van der Waals surface area contributed by atoms with Gasteiger partial charge >= 0.3 is 5.97 Å². The molecule has 0 unspecified atom stereocenters. The number of amides is 1. The highest BCUT2D eigenvalue weighted by atomic mass is 16.5. The maximum Gasteiger partial charge on any atom is 0.309 e. The molecule has 0 aromatic carbocycles. The van der Waals surface area contributed by atoms with Crippen molar-refractivity contribution in [2.24, 2.45) is 5.92 Å². The Morgan fingerprint density at radius 2 is 2.40 bits per heavy atom. The summed E-state index contributed by atoms with van der Waals surface area (Å²) >= 11 is 0.